The zero-order valence-electron chi connectivity index (χ0n) is 17.9. The topological polar surface area (TPSA) is 82.1 Å². The molecule has 3 aromatic rings. The Labute approximate surface area is 197 Å². The lowest BCUT2D eigenvalue weighted by molar-refractivity contribution is 0.0698. The predicted molar refractivity (Wildman–Crippen MR) is 129 cm³/mol. The summed E-state index contributed by atoms with van der Waals surface area (Å²) in [6.45, 7) is 2.79. The summed E-state index contributed by atoms with van der Waals surface area (Å²) >= 11 is 6.02. The molecule has 0 spiro atoms. The van der Waals surface area contributed by atoms with Crippen LogP contribution in [0.15, 0.2) is 70.6 Å². The van der Waals surface area contributed by atoms with Gasteiger partial charge in [-0.1, -0.05) is 35.9 Å². The molecule has 2 heterocycles. The normalized spacial score (nSPS) is 17.1. The van der Waals surface area contributed by atoms with E-state index in [1.807, 2.05) is 24.3 Å². The molecule has 170 valence electrons. The van der Waals surface area contributed by atoms with E-state index in [-0.39, 0.29) is 23.9 Å². The molecule has 1 fully saturated rings. The Hall–Kier alpha value is -2.94. The predicted octanol–water partition coefficient (Wildman–Crippen LogP) is 2.99. The number of carbonyl (C=O) groups is 1. The van der Waals surface area contributed by atoms with Gasteiger partial charge in [0.2, 0.25) is 10.0 Å². The smallest absolute Gasteiger partial charge is 0.253 e. The number of piperazine rings is 1. The van der Waals surface area contributed by atoms with E-state index < -0.39 is 10.0 Å². The summed E-state index contributed by atoms with van der Waals surface area (Å²) in [5.74, 6) is 0.757. The standard InChI is InChI=1S/C24H23ClN4O3S/c25-21-7-5-20-16-22(8-6-19(20)15-21)33(31,32)29-13-11-28(12-14-29)24(30)18-3-1-17(2-4-18)23-26-9-10-27-23/h1-8,15-16H,9-14H2,(H,26,27). The largest absolute Gasteiger partial charge is 0.368 e. The lowest BCUT2D eigenvalue weighted by Crippen LogP contribution is -2.50. The molecule has 0 atom stereocenters. The minimum Gasteiger partial charge on any atom is -0.368 e. The van der Waals surface area contributed by atoms with Crippen LogP contribution in [0.4, 0.5) is 0 Å². The quantitative estimate of drug-likeness (QED) is 0.619. The second kappa shape index (κ2) is 8.78. The van der Waals surface area contributed by atoms with Crippen molar-refractivity contribution in [3.8, 4) is 0 Å². The number of nitrogens with one attached hydrogen (secondary N) is 1. The lowest BCUT2D eigenvalue weighted by Gasteiger charge is -2.34. The van der Waals surface area contributed by atoms with Gasteiger partial charge in [-0.2, -0.15) is 4.31 Å². The Balaban J connectivity index is 1.26. The molecule has 0 unspecified atom stereocenters. The third kappa shape index (κ3) is 4.34. The molecule has 0 saturated carbocycles. The van der Waals surface area contributed by atoms with Gasteiger partial charge in [-0.3, -0.25) is 9.79 Å². The first-order chi connectivity index (χ1) is 15.9. The lowest BCUT2D eigenvalue weighted by atomic mass is 10.1. The number of amidine groups is 1. The van der Waals surface area contributed by atoms with Gasteiger partial charge in [0.1, 0.15) is 5.84 Å². The molecule has 0 aliphatic carbocycles. The summed E-state index contributed by atoms with van der Waals surface area (Å²) in [4.78, 5) is 19.3. The average Bonchev–Trinajstić information content (AvgIpc) is 3.38. The number of carbonyl (C=O) groups excluding carboxylic acids is 1. The van der Waals surface area contributed by atoms with E-state index >= 15 is 0 Å². The molecule has 7 nitrogen and oxygen atoms in total. The highest BCUT2D eigenvalue weighted by atomic mass is 35.5. The van der Waals surface area contributed by atoms with Crippen molar-refractivity contribution in [3.63, 3.8) is 0 Å². The summed E-state index contributed by atoms with van der Waals surface area (Å²) in [5.41, 5.74) is 1.54. The van der Waals surface area contributed by atoms with Gasteiger partial charge in [0.15, 0.2) is 0 Å². The van der Waals surface area contributed by atoms with E-state index in [1.165, 1.54) is 4.31 Å². The monoisotopic (exact) mass is 482 g/mol. The van der Waals surface area contributed by atoms with Crippen LogP contribution < -0.4 is 5.32 Å². The number of benzene rings is 3. The molecule has 1 amide bonds. The fraction of sp³-hybridized carbons (Fsp3) is 0.250. The number of nitrogens with zero attached hydrogens (tertiary/aromatic N) is 3. The summed E-state index contributed by atoms with van der Waals surface area (Å²) in [5, 5.41) is 5.53. The van der Waals surface area contributed by atoms with E-state index in [0.717, 1.165) is 35.3 Å². The molecule has 0 radical (unpaired) electrons. The molecule has 3 aromatic carbocycles. The summed E-state index contributed by atoms with van der Waals surface area (Å²) < 4.78 is 27.8. The number of hydrogen-bond acceptors (Lipinski definition) is 5. The molecule has 9 heteroatoms. The Morgan fingerprint density at radius 1 is 0.909 bits per heavy atom. The molecule has 33 heavy (non-hydrogen) atoms. The van der Waals surface area contributed by atoms with Gasteiger partial charge >= 0.3 is 0 Å². The van der Waals surface area contributed by atoms with Gasteiger partial charge in [0.25, 0.3) is 5.91 Å². The zero-order valence-corrected chi connectivity index (χ0v) is 19.4. The minimum absolute atomic E-state index is 0.0949. The van der Waals surface area contributed by atoms with Gasteiger partial charge < -0.3 is 10.2 Å². The highest BCUT2D eigenvalue weighted by Gasteiger charge is 2.30. The summed E-state index contributed by atoms with van der Waals surface area (Å²) in [6, 6.07) is 17.8. The van der Waals surface area contributed by atoms with Crippen molar-refractivity contribution in [2.75, 3.05) is 39.3 Å². The van der Waals surface area contributed by atoms with E-state index in [9.17, 15) is 13.2 Å². The Kier molecular flexibility index (Phi) is 5.82. The van der Waals surface area contributed by atoms with Gasteiger partial charge in [-0.25, -0.2) is 8.42 Å². The minimum atomic E-state index is -3.65. The van der Waals surface area contributed by atoms with Crippen LogP contribution in [0.3, 0.4) is 0 Å². The van der Waals surface area contributed by atoms with Gasteiger partial charge in [0, 0.05) is 48.9 Å². The molecule has 0 aromatic heterocycles. The maximum Gasteiger partial charge on any atom is 0.253 e. The Bertz CT molecular complexity index is 1350. The number of aliphatic imine (C=N–C) groups is 1. The third-order valence-electron chi connectivity index (χ3n) is 6.02. The fourth-order valence-electron chi connectivity index (χ4n) is 4.18. The van der Waals surface area contributed by atoms with Crippen LogP contribution in [0.25, 0.3) is 10.8 Å². The number of amides is 1. The number of rotatable bonds is 4. The number of fused-ring (bicyclic) bond motifs is 1. The first-order valence-corrected chi connectivity index (χ1v) is 12.6. The van der Waals surface area contributed by atoms with Crippen LogP contribution in [0.5, 0.6) is 0 Å². The average molecular weight is 483 g/mol. The van der Waals surface area contributed by atoms with Crippen LogP contribution >= 0.6 is 11.6 Å². The first-order valence-electron chi connectivity index (χ1n) is 10.8. The first kappa shape index (κ1) is 21.9. The second-order valence-electron chi connectivity index (χ2n) is 8.08. The molecular formula is C24H23ClN4O3S. The van der Waals surface area contributed by atoms with Crippen LogP contribution in [0.2, 0.25) is 5.02 Å². The van der Waals surface area contributed by atoms with E-state index in [2.05, 4.69) is 10.3 Å². The number of hydrogen-bond donors (Lipinski definition) is 1. The van der Waals surface area contributed by atoms with Crippen molar-refractivity contribution in [1.82, 2.24) is 14.5 Å². The fourth-order valence-corrected chi connectivity index (χ4v) is 5.82. The van der Waals surface area contributed by atoms with Gasteiger partial charge in [-0.05, 0) is 47.2 Å². The van der Waals surface area contributed by atoms with Crippen LogP contribution in [-0.2, 0) is 10.0 Å². The molecule has 1 saturated heterocycles. The van der Waals surface area contributed by atoms with Gasteiger partial charge in [0.05, 0.1) is 11.4 Å². The molecular weight excluding hydrogens is 460 g/mol. The molecule has 1 N–H and O–H groups in total. The van der Waals surface area contributed by atoms with Crippen molar-refractivity contribution in [2.24, 2.45) is 4.99 Å². The maximum atomic E-state index is 13.2. The van der Waals surface area contributed by atoms with Gasteiger partial charge in [-0.15, -0.1) is 0 Å². The summed E-state index contributed by atoms with van der Waals surface area (Å²) in [6.07, 6.45) is 0. The van der Waals surface area contributed by atoms with E-state index in [4.69, 9.17) is 11.6 Å². The van der Waals surface area contributed by atoms with Crippen molar-refractivity contribution in [1.29, 1.82) is 0 Å². The zero-order chi connectivity index (χ0) is 23.0. The Morgan fingerprint density at radius 3 is 2.30 bits per heavy atom. The van der Waals surface area contributed by atoms with Crippen molar-refractivity contribution < 1.29 is 13.2 Å². The molecule has 0 bridgehead atoms. The SMILES string of the molecule is O=C(c1ccc(C2=NCCN2)cc1)N1CCN(S(=O)(=O)c2ccc3cc(Cl)ccc3c2)CC1. The van der Waals surface area contributed by atoms with E-state index in [1.54, 1.807) is 41.3 Å². The molecule has 2 aliphatic rings. The number of halogens is 1. The van der Waals surface area contributed by atoms with Crippen molar-refractivity contribution in [2.45, 2.75) is 4.90 Å². The van der Waals surface area contributed by atoms with Crippen LogP contribution in [0, 0.1) is 0 Å². The second-order valence-corrected chi connectivity index (χ2v) is 10.5. The van der Waals surface area contributed by atoms with Crippen LogP contribution in [0.1, 0.15) is 15.9 Å². The third-order valence-corrected chi connectivity index (χ3v) is 8.15. The maximum absolute atomic E-state index is 13.2. The molecule has 5 rings (SSSR count). The Morgan fingerprint density at radius 2 is 1.61 bits per heavy atom. The molecule has 2 aliphatic heterocycles. The van der Waals surface area contributed by atoms with E-state index in [0.29, 0.717) is 23.7 Å². The van der Waals surface area contributed by atoms with Crippen molar-refractivity contribution >= 4 is 44.1 Å². The number of sulfonamides is 1. The highest BCUT2D eigenvalue weighted by molar-refractivity contribution is 7.89. The van der Waals surface area contributed by atoms with Crippen LogP contribution in [-0.4, -0.2) is 68.6 Å². The highest BCUT2D eigenvalue weighted by Crippen LogP contribution is 2.25. The van der Waals surface area contributed by atoms with Crippen molar-refractivity contribution in [3.05, 3.63) is 76.8 Å². The summed E-state index contributed by atoms with van der Waals surface area (Å²) in [7, 11) is -3.65.